The lowest BCUT2D eigenvalue weighted by Crippen LogP contribution is -2.47. The summed E-state index contributed by atoms with van der Waals surface area (Å²) in [6.45, 7) is 3.37. The Morgan fingerprint density at radius 2 is 1.77 bits per heavy atom. The average Bonchev–Trinajstić information content (AvgIpc) is 3.12. The van der Waals surface area contributed by atoms with E-state index in [0.29, 0.717) is 6.42 Å². The highest BCUT2D eigenvalue weighted by molar-refractivity contribution is 7.88. The highest BCUT2D eigenvalue weighted by Crippen LogP contribution is 2.28. The van der Waals surface area contributed by atoms with E-state index in [1.165, 1.54) is 12.1 Å². The first-order valence-electron chi connectivity index (χ1n) is 10.7. The maximum absolute atomic E-state index is 13.4. The Labute approximate surface area is 200 Å². The van der Waals surface area contributed by atoms with Crippen molar-refractivity contribution in [3.63, 3.8) is 0 Å². The van der Waals surface area contributed by atoms with Crippen molar-refractivity contribution in [1.29, 1.82) is 0 Å². The molecule has 2 aromatic rings. The van der Waals surface area contributed by atoms with E-state index in [4.69, 9.17) is 9.47 Å². The first-order valence-corrected chi connectivity index (χ1v) is 12.1. The van der Waals surface area contributed by atoms with Crippen LogP contribution in [0.1, 0.15) is 25.0 Å². The van der Waals surface area contributed by atoms with Gasteiger partial charge in [-0.3, -0.25) is 4.79 Å². The van der Waals surface area contributed by atoms with E-state index >= 15 is 0 Å². The molecule has 0 spiro atoms. The molecule has 35 heavy (non-hydrogen) atoms. The summed E-state index contributed by atoms with van der Waals surface area (Å²) in [7, 11) is -5.86. The molecule has 2 atom stereocenters. The summed E-state index contributed by atoms with van der Waals surface area (Å²) in [5.74, 6) is -1.24. The zero-order chi connectivity index (χ0) is 25.8. The van der Waals surface area contributed by atoms with Gasteiger partial charge < -0.3 is 13.7 Å². The van der Waals surface area contributed by atoms with Crippen LogP contribution in [0.25, 0.3) is 0 Å². The Balaban J connectivity index is 1.81. The number of amides is 2. The van der Waals surface area contributed by atoms with Gasteiger partial charge >= 0.3 is 21.7 Å². The molecule has 2 amide bonds. The van der Waals surface area contributed by atoms with E-state index in [2.05, 4.69) is 4.18 Å². The third-order valence-corrected chi connectivity index (χ3v) is 6.01. The largest absolute Gasteiger partial charge is 0.534 e. The number of imide groups is 1. The predicted molar refractivity (Wildman–Crippen MR) is 118 cm³/mol. The number of benzene rings is 2. The van der Waals surface area contributed by atoms with Gasteiger partial charge in [0.2, 0.25) is 0 Å². The number of alkyl halides is 3. The maximum Gasteiger partial charge on any atom is 0.534 e. The van der Waals surface area contributed by atoms with Crippen molar-refractivity contribution in [3.8, 4) is 5.75 Å². The number of ether oxygens (including phenoxy) is 2. The van der Waals surface area contributed by atoms with Crippen molar-refractivity contribution >= 4 is 22.1 Å². The molecule has 0 radical (unpaired) electrons. The molecule has 0 aliphatic carbocycles. The van der Waals surface area contributed by atoms with Crippen LogP contribution in [-0.4, -0.2) is 55.7 Å². The Morgan fingerprint density at radius 1 is 1.11 bits per heavy atom. The molecule has 1 heterocycles. The monoisotopic (exact) mass is 515 g/mol. The van der Waals surface area contributed by atoms with Crippen molar-refractivity contribution < 1.29 is 44.8 Å². The molecule has 0 bridgehead atoms. The van der Waals surface area contributed by atoms with Crippen LogP contribution >= 0.6 is 0 Å². The van der Waals surface area contributed by atoms with Crippen LogP contribution in [0.15, 0.2) is 54.6 Å². The smallest absolute Gasteiger partial charge is 0.447 e. The van der Waals surface area contributed by atoms with Crippen LogP contribution in [0, 0.1) is 0 Å². The first-order chi connectivity index (χ1) is 16.4. The third kappa shape index (κ3) is 6.73. The molecule has 1 fully saturated rings. The number of halogens is 3. The Morgan fingerprint density at radius 3 is 2.40 bits per heavy atom. The predicted octanol–water partition coefficient (Wildman–Crippen LogP) is 3.84. The summed E-state index contributed by atoms with van der Waals surface area (Å²) in [5, 5.41) is 0. The van der Waals surface area contributed by atoms with Crippen LogP contribution in [0.5, 0.6) is 5.75 Å². The van der Waals surface area contributed by atoms with E-state index in [9.17, 15) is 31.2 Å². The van der Waals surface area contributed by atoms with Crippen LogP contribution < -0.4 is 4.18 Å². The van der Waals surface area contributed by atoms with Crippen LogP contribution in [0.4, 0.5) is 18.0 Å². The molecular weight excluding hydrogens is 491 g/mol. The summed E-state index contributed by atoms with van der Waals surface area (Å²) in [5.41, 5.74) is -4.43. The van der Waals surface area contributed by atoms with Gasteiger partial charge in [0.25, 0.3) is 5.91 Å². The molecule has 12 heteroatoms. The minimum absolute atomic E-state index is 0.00644. The molecule has 3 rings (SSSR count). The van der Waals surface area contributed by atoms with Gasteiger partial charge in [0.1, 0.15) is 18.5 Å². The van der Waals surface area contributed by atoms with Gasteiger partial charge in [-0.05, 0) is 43.5 Å². The zero-order valence-corrected chi connectivity index (χ0v) is 19.7. The molecule has 0 saturated carbocycles. The van der Waals surface area contributed by atoms with Crippen LogP contribution in [0.2, 0.25) is 0 Å². The number of nitrogens with zero attached hydrogens (tertiary/aromatic N) is 1. The van der Waals surface area contributed by atoms with E-state index in [1.807, 2.05) is 30.3 Å². The second-order valence-electron chi connectivity index (χ2n) is 8.14. The zero-order valence-electron chi connectivity index (χ0n) is 18.9. The molecule has 2 unspecified atom stereocenters. The number of hydrogen-bond acceptors (Lipinski definition) is 7. The topological polar surface area (TPSA) is 99.2 Å². The number of hydrogen-bond donors (Lipinski definition) is 0. The van der Waals surface area contributed by atoms with Crippen molar-refractivity contribution in [2.45, 2.75) is 50.4 Å². The quantitative estimate of drug-likeness (QED) is 0.370. The average molecular weight is 516 g/mol. The van der Waals surface area contributed by atoms with Gasteiger partial charge in [-0.1, -0.05) is 42.5 Å². The van der Waals surface area contributed by atoms with E-state index in [0.717, 1.165) is 22.6 Å². The Kier molecular flexibility index (Phi) is 8.06. The number of carbonyl (C=O) groups is 2. The fourth-order valence-corrected chi connectivity index (χ4v) is 4.01. The fourth-order valence-electron chi connectivity index (χ4n) is 3.56. The van der Waals surface area contributed by atoms with Crippen molar-refractivity contribution in [2.75, 3.05) is 6.61 Å². The number of carbonyl (C=O) groups excluding carboxylic acids is 2. The minimum Gasteiger partial charge on any atom is -0.447 e. The summed E-state index contributed by atoms with van der Waals surface area (Å²) in [6, 6.07) is 13.5. The second kappa shape index (κ2) is 10.6. The van der Waals surface area contributed by atoms with Gasteiger partial charge in [-0.15, -0.1) is 0 Å². The maximum atomic E-state index is 13.4. The molecule has 1 saturated heterocycles. The van der Waals surface area contributed by atoms with Crippen molar-refractivity contribution in [3.05, 3.63) is 65.7 Å². The summed E-state index contributed by atoms with van der Waals surface area (Å²) in [6.07, 6.45) is -2.22. The van der Waals surface area contributed by atoms with Gasteiger partial charge in [0.05, 0.1) is 12.1 Å². The molecule has 2 aromatic carbocycles. The summed E-state index contributed by atoms with van der Waals surface area (Å²) >= 11 is 0. The van der Waals surface area contributed by atoms with E-state index in [1.54, 1.807) is 13.8 Å². The second-order valence-corrected chi connectivity index (χ2v) is 9.67. The highest BCUT2D eigenvalue weighted by atomic mass is 32.2. The van der Waals surface area contributed by atoms with E-state index in [-0.39, 0.29) is 18.6 Å². The molecule has 1 aliphatic rings. The first kappa shape index (κ1) is 26.5. The molecule has 0 aromatic heterocycles. The van der Waals surface area contributed by atoms with Gasteiger partial charge in [0, 0.05) is 6.42 Å². The normalized spacial score (nSPS) is 17.4. The Hall–Kier alpha value is -3.12. The summed E-state index contributed by atoms with van der Waals surface area (Å²) < 4.78 is 75.6. The fraction of sp³-hybridized carbons (Fsp3) is 0.391. The molecule has 1 aliphatic heterocycles. The molecule has 190 valence electrons. The van der Waals surface area contributed by atoms with Gasteiger partial charge in [-0.2, -0.15) is 21.6 Å². The minimum atomic E-state index is -5.86. The van der Waals surface area contributed by atoms with Crippen molar-refractivity contribution in [2.24, 2.45) is 0 Å². The van der Waals surface area contributed by atoms with Crippen LogP contribution in [-0.2, 0) is 37.2 Å². The Bertz CT molecular complexity index is 1150. The number of cyclic esters (lactones) is 1. The lowest BCUT2D eigenvalue weighted by atomic mass is 10.0. The molecule has 8 nitrogen and oxygen atoms in total. The molecular formula is C23H24F3NO7S. The lowest BCUT2D eigenvalue weighted by molar-refractivity contribution is -0.144. The highest BCUT2D eigenvalue weighted by Gasteiger charge is 2.48. The number of rotatable bonds is 9. The standard InChI is InChI=1S/C23H24F3NO7S/c1-15(2)33-20(13-17-9-6-10-19(12-17)34-35(30,31)23(24,25)26)21(28)27-18(14-32-22(27)29)11-16-7-4-3-5-8-16/h3-10,12,15,18,20H,11,13-14H2,1-2H3. The molecule has 0 N–H and O–H groups in total. The lowest BCUT2D eigenvalue weighted by Gasteiger charge is -2.26. The van der Waals surface area contributed by atoms with Gasteiger partial charge in [0.15, 0.2) is 0 Å². The third-order valence-electron chi connectivity index (χ3n) is 5.03. The van der Waals surface area contributed by atoms with Crippen LogP contribution in [0.3, 0.4) is 0 Å². The SMILES string of the molecule is CC(C)OC(Cc1cccc(OS(=O)(=O)C(F)(F)F)c1)C(=O)N1C(=O)OCC1Cc1ccccc1. The van der Waals surface area contributed by atoms with Gasteiger partial charge in [-0.25, -0.2) is 9.69 Å². The van der Waals surface area contributed by atoms with Crippen molar-refractivity contribution in [1.82, 2.24) is 4.90 Å². The summed E-state index contributed by atoms with van der Waals surface area (Å²) in [4.78, 5) is 26.8. The van der Waals surface area contributed by atoms with E-state index < -0.39 is 51.6 Å².